The van der Waals surface area contributed by atoms with Crippen LogP contribution in [0.1, 0.15) is 24.0 Å². The molecule has 0 aromatic heterocycles. The monoisotopic (exact) mass is 294 g/mol. The van der Waals surface area contributed by atoms with Crippen molar-refractivity contribution in [2.75, 3.05) is 18.4 Å². The number of nitrogens with one attached hydrogen (secondary N) is 1. The normalized spacial score (nSPS) is 16.5. The lowest BCUT2D eigenvalue weighted by Crippen LogP contribution is -2.34. The Morgan fingerprint density at radius 2 is 1.91 bits per heavy atom. The van der Waals surface area contributed by atoms with E-state index >= 15 is 0 Å². The molecule has 0 radical (unpaired) electrons. The van der Waals surface area contributed by atoms with Crippen LogP contribution in [0, 0.1) is 0 Å². The molecule has 1 heterocycles. The Labute approximate surface area is 129 Å². The van der Waals surface area contributed by atoms with E-state index in [0.717, 1.165) is 30.3 Å². The number of hydrogen-bond acceptors (Lipinski definition) is 2. The van der Waals surface area contributed by atoms with Gasteiger partial charge in [0.15, 0.2) is 0 Å². The number of anilines is 1. The lowest BCUT2D eigenvalue weighted by atomic mass is 10.0. The molecule has 2 aromatic rings. The molecule has 2 aromatic carbocycles. The summed E-state index contributed by atoms with van der Waals surface area (Å²) in [6, 6.07) is 10.4. The number of carbonyl (C=O) groups excluding carboxylic acids is 2. The summed E-state index contributed by atoms with van der Waals surface area (Å²) in [7, 11) is 0. The molecule has 112 valence electrons. The third kappa shape index (κ3) is 2.15. The second kappa shape index (κ2) is 5.13. The summed E-state index contributed by atoms with van der Waals surface area (Å²) >= 11 is 0. The van der Waals surface area contributed by atoms with Gasteiger partial charge >= 0.3 is 0 Å². The van der Waals surface area contributed by atoms with Crippen molar-refractivity contribution in [1.82, 2.24) is 4.90 Å². The van der Waals surface area contributed by atoms with Gasteiger partial charge < -0.3 is 10.2 Å². The van der Waals surface area contributed by atoms with Gasteiger partial charge in [-0.05, 0) is 41.8 Å². The van der Waals surface area contributed by atoms with Crippen LogP contribution in [0.3, 0.4) is 0 Å². The summed E-state index contributed by atoms with van der Waals surface area (Å²) in [6.07, 6.45) is 3.57. The van der Waals surface area contributed by atoms with E-state index in [9.17, 15) is 9.59 Å². The van der Waals surface area contributed by atoms with Gasteiger partial charge in [0.25, 0.3) is 0 Å². The van der Waals surface area contributed by atoms with Gasteiger partial charge in [-0.1, -0.05) is 24.3 Å². The molecule has 1 fully saturated rings. The molecule has 0 unspecified atom stereocenters. The zero-order valence-corrected chi connectivity index (χ0v) is 12.4. The molecular formula is C18H18N2O2. The van der Waals surface area contributed by atoms with E-state index in [1.165, 1.54) is 16.5 Å². The van der Waals surface area contributed by atoms with Crippen LogP contribution < -0.4 is 5.32 Å². The highest BCUT2D eigenvalue weighted by atomic mass is 16.2. The van der Waals surface area contributed by atoms with Crippen LogP contribution in [0.15, 0.2) is 30.3 Å². The molecule has 0 atom stereocenters. The van der Waals surface area contributed by atoms with E-state index in [1.54, 1.807) is 4.90 Å². The first-order chi connectivity index (χ1) is 10.7. The van der Waals surface area contributed by atoms with Crippen LogP contribution in [-0.2, 0) is 22.4 Å². The fraction of sp³-hybridized carbons (Fsp3) is 0.333. The van der Waals surface area contributed by atoms with Gasteiger partial charge in [0.05, 0.1) is 6.54 Å². The Morgan fingerprint density at radius 1 is 1.09 bits per heavy atom. The largest absolute Gasteiger partial charge is 0.333 e. The Morgan fingerprint density at radius 3 is 2.68 bits per heavy atom. The fourth-order valence-electron chi connectivity index (χ4n) is 3.59. The second-order valence-corrected chi connectivity index (χ2v) is 6.08. The van der Waals surface area contributed by atoms with Gasteiger partial charge in [0, 0.05) is 24.0 Å². The van der Waals surface area contributed by atoms with E-state index in [2.05, 4.69) is 23.5 Å². The van der Waals surface area contributed by atoms with Crippen molar-refractivity contribution in [3.63, 3.8) is 0 Å². The second-order valence-electron chi connectivity index (χ2n) is 6.08. The molecule has 1 aliphatic heterocycles. The zero-order chi connectivity index (χ0) is 15.1. The average Bonchev–Trinajstić information content (AvgIpc) is 3.10. The molecule has 0 spiro atoms. The molecule has 4 nitrogen and oxygen atoms in total. The zero-order valence-electron chi connectivity index (χ0n) is 12.4. The van der Waals surface area contributed by atoms with E-state index in [4.69, 9.17) is 0 Å². The molecule has 0 bridgehead atoms. The highest BCUT2D eigenvalue weighted by molar-refractivity contribution is 6.06. The summed E-state index contributed by atoms with van der Waals surface area (Å²) < 4.78 is 0. The molecule has 1 saturated heterocycles. The number of likely N-dealkylation sites (tertiary alicyclic amines) is 1. The summed E-state index contributed by atoms with van der Waals surface area (Å²) in [5.74, 6) is -0.0375. The molecule has 4 heteroatoms. The minimum absolute atomic E-state index is 0.0792. The van der Waals surface area contributed by atoms with Crippen LogP contribution in [0.2, 0.25) is 0 Å². The molecule has 0 saturated carbocycles. The summed E-state index contributed by atoms with van der Waals surface area (Å²) in [5.41, 5.74) is 3.57. The minimum Gasteiger partial charge on any atom is -0.333 e. The van der Waals surface area contributed by atoms with E-state index < -0.39 is 0 Å². The maximum absolute atomic E-state index is 12.2. The first-order valence-electron chi connectivity index (χ1n) is 7.83. The van der Waals surface area contributed by atoms with Crippen LogP contribution in [-0.4, -0.2) is 29.8 Å². The molecule has 22 heavy (non-hydrogen) atoms. The maximum atomic E-state index is 12.2. The average molecular weight is 294 g/mol. The van der Waals surface area contributed by atoms with Crippen LogP contribution in [0.4, 0.5) is 5.69 Å². The Hall–Kier alpha value is -2.36. The van der Waals surface area contributed by atoms with Crippen molar-refractivity contribution < 1.29 is 9.59 Å². The van der Waals surface area contributed by atoms with Crippen molar-refractivity contribution in [3.05, 3.63) is 41.5 Å². The van der Waals surface area contributed by atoms with Crippen LogP contribution >= 0.6 is 0 Å². The SMILES string of the molecule is O=C(CN1CCCC1=O)Nc1ccc2c3c(cccc13)CC2. The van der Waals surface area contributed by atoms with Gasteiger partial charge in [-0.2, -0.15) is 0 Å². The number of aryl methyl sites for hydroxylation is 2. The molecule has 2 aliphatic rings. The number of carbonyl (C=O) groups is 2. The van der Waals surface area contributed by atoms with Gasteiger partial charge in [-0.25, -0.2) is 0 Å². The molecule has 4 rings (SSSR count). The number of benzene rings is 2. The van der Waals surface area contributed by atoms with Crippen molar-refractivity contribution in [3.8, 4) is 0 Å². The van der Waals surface area contributed by atoms with Gasteiger partial charge in [-0.3, -0.25) is 9.59 Å². The first-order valence-corrected chi connectivity index (χ1v) is 7.83. The number of rotatable bonds is 3. The highest BCUT2D eigenvalue weighted by Crippen LogP contribution is 2.34. The summed E-state index contributed by atoms with van der Waals surface area (Å²) in [6.45, 7) is 0.845. The lowest BCUT2D eigenvalue weighted by molar-refractivity contribution is -0.131. The number of amides is 2. The van der Waals surface area contributed by atoms with Crippen LogP contribution in [0.5, 0.6) is 0 Å². The third-order valence-corrected chi connectivity index (χ3v) is 4.66. The van der Waals surface area contributed by atoms with Crippen molar-refractivity contribution in [1.29, 1.82) is 0 Å². The number of nitrogens with zero attached hydrogens (tertiary/aromatic N) is 1. The van der Waals surface area contributed by atoms with Crippen molar-refractivity contribution >= 4 is 28.3 Å². The molecular weight excluding hydrogens is 276 g/mol. The predicted molar refractivity (Wildman–Crippen MR) is 85.8 cm³/mol. The lowest BCUT2D eigenvalue weighted by Gasteiger charge is -2.16. The summed E-state index contributed by atoms with van der Waals surface area (Å²) in [5, 5.41) is 5.38. The van der Waals surface area contributed by atoms with E-state index in [-0.39, 0.29) is 18.4 Å². The van der Waals surface area contributed by atoms with E-state index in [1.807, 2.05) is 12.1 Å². The quantitative estimate of drug-likeness (QED) is 0.945. The standard InChI is InChI=1S/C18H18N2O2/c21-16(11-20-10-2-5-17(20)22)19-15-9-8-13-7-6-12-3-1-4-14(15)18(12)13/h1,3-4,8-9H,2,5-7,10-11H2,(H,19,21). The molecule has 1 aliphatic carbocycles. The van der Waals surface area contributed by atoms with Gasteiger partial charge in [0.1, 0.15) is 0 Å². The van der Waals surface area contributed by atoms with E-state index in [0.29, 0.717) is 13.0 Å². The number of hydrogen-bond donors (Lipinski definition) is 1. The first kappa shape index (κ1) is 13.3. The third-order valence-electron chi connectivity index (χ3n) is 4.66. The molecule has 1 N–H and O–H groups in total. The van der Waals surface area contributed by atoms with Gasteiger partial charge in [0.2, 0.25) is 11.8 Å². The Kier molecular flexibility index (Phi) is 3.10. The maximum Gasteiger partial charge on any atom is 0.244 e. The van der Waals surface area contributed by atoms with Crippen molar-refractivity contribution in [2.24, 2.45) is 0 Å². The Bertz CT molecular complexity index is 772. The highest BCUT2D eigenvalue weighted by Gasteiger charge is 2.23. The van der Waals surface area contributed by atoms with Crippen LogP contribution in [0.25, 0.3) is 10.8 Å². The predicted octanol–water partition coefficient (Wildman–Crippen LogP) is 2.50. The van der Waals surface area contributed by atoms with Gasteiger partial charge in [-0.15, -0.1) is 0 Å². The minimum atomic E-state index is -0.117. The Balaban J connectivity index is 1.60. The smallest absolute Gasteiger partial charge is 0.244 e. The summed E-state index contributed by atoms with van der Waals surface area (Å²) in [4.78, 5) is 25.5. The topological polar surface area (TPSA) is 49.4 Å². The van der Waals surface area contributed by atoms with Crippen molar-refractivity contribution in [2.45, 2.75) is 25.7 Å². The molecule has 2 amide bonds. The fourth-order valence-corrected chi connectivity index (χ4v) is 3.59.